The Labute approximate surface area is 148 Å². The number of rotatable bonds is 4. The largest absolute Gasteiger partial charge is 0.346 e. The van der Waals surface area contributed by atoms with E-state index < -0.39 is 10.8 Å². The minimum Gasteiger partial charge on any atom is -0.323 e. The van der Waals surface area contributed by atoms with Crippen molar-refractivity contribution in [2.75, 3.05) is 13.1 Å². The van der Waals surface area contributed by atoms with Crippen LogP contribution >= 0.6 is 11.3 Å². The van der Waals surface area contributed by atoms with E-state index in [2.05, 4.69) is 15.1 Å². The Kier molecular flexibility index (Phi) is 5.54. The summed E-state index contributed by atoms with van der Waals surface area (Å²) in [6.45, 7) is 12.9. The van der Waals surface area contributed by atoms with Crippen LogP contribution in [-0.2, 0) is 16.2 Å². The molecule has 0 aromatic carbocycles. The van der Waals surface area contributed by atoms with E-state index in [-0.39, 0.29) is 16.6 Å². The molecule has 0 aliphatic carbocycles. The standard InChI is InChI=1S/C15H23N5O2S2/c1-7-19(8-2)14(21)20-9-16-13(18-20)24(22)12-11(15(4,5)6)17-10(3)23-12/h9H,7-8H2,1-6H3. The highest BCUT2D eigenvalue weighted by Gasteiger charge is 2.28. The number of nitrogens with zero attached hydrogens (tertiary/aromatic N) is 5. The average Bonchev–Trinajstić information content (AvgIpc) is 3.13. The maximum absolute atomic E-state index is 12.9. The molecule has 0 spiro atoms. The number of hydrogen-bond acceptors (Lipinski definition) is 6. The van der Waals surface area contributed by atoms with Gasteiger partial charge in [-0.05, 0) is 20.8 Å². The Morgan fingerprint density at radius 1 is 1.33 bits per heavy atom. The summed E-state index contributed by atoms with van der Waals surface area (Å²) in [7, 11) is -1.55. The van der Waals surface area contributed by atoms with Crippen LogP contribution < -0.4 is 0 Å². The van der Waals surface area contributed by atoms with E-state index in [4.69, 9.17) is 0 Å². The number of carbonyl (C=O) groups excluding carboxylic acids is 1. The first-order chi connectivity index (χ1) is 11.2. The maximum atomic E-state index is 12.9. The topological polar surface area (TPSA) is 81.0 Å². The molecule has 0 aliphatic heterocycles. The second-order valence-corrected chi connectivity index (χ2v) is 9.09. The number of hydrogen-bond donors (Lipinski definition) is 0. The molecule has 24 heavy (non-hydrogen) atoms. The highest BCUT2D eigenvalue weighted by molar-refractivity contribution is 7.87. The lowest BCUT2D eigenvalue weighted by Crippen LogP contribution is -2.34. The van der Waals surface area contributed by atoms with Crippen LogP contribution in [0.2, 0.25) is 0 Å². The lowest BCUT2D eigenvalue weighted by Gasteiger charge is -2.17. The van der Waals surface area contributed by atoms with Gasteiger partial charge in [0, 0.05) is 18.5 Å². The van der Waals surface area contributed by atoms with Crippen molar-refractivity contribution in [1.82, 2.24) is 24.6 Å². The summed E-state index contributed by atoms with van der Waals surface area (Å²) in [5.41, 5.74) is 0.560. The van der Waals surface area contributed by atoms with Gasteiger partial charge in [0.25, 0.3) is 0 Å². The van der Waals surface area contributed by atoms with Gasteiger partial charge in [0.2, 0.25) is 5.16 Å². The maximum Gasteiger partial charge on any atom is 0.346 e. The van der Waals surface area contributed by atoms with Crippen LogP contribution in [0.15, 0.2) is 15.7 Å². The van der Waals surface area contributed by atoms with Gasteiger partial charge >= 0.3 is 6.03 Å². The van der Waals surface area contributed by atoms with Gasteiger partial charge in [-0.3, -0.25) is 0 Å². The lowest BCUT2D eigenvalue weighted by molar-refractivity contribution is 0.201. The minimum atomic E-state index is -1.55. The van der Waals surface area contributed by atoms with Gasteiger partial charge in [-0.1, -0.05) is 20.8 Å². The van der Waals surface area contributed by atoms with E-state index >= 15 is 0 Å². The van der Waals surface area contributed by atoms with E-state index in [1.807, 2.05) is 41.5 Å². The molecule has 0 bridgehead atoms. The number of amides is 1. The van der Waals surface area contributed by atoms with Crippen molar-refractivity contribution in [2.45, 2.75) is 56.3 Å². The molecule has 7 nitrogen and oxygen atoms in total. The summed E-state index contributed by atoms with van der Waals surface area (Å²) < 4.78 is 14.7. The van der Waals surface area contributed by atoms with Crippen molar-refractivity contribution < 1.29 is 9.00 Å². The van der Waals surface area contributed by atoms with Crippen molar-refractivity contribution in [1.29, 1.82) is 0 Å². The second-order valence-electron chi connectivity index (χ2n) is 6.31. The zero-order chi connectivity index (χ0) is 18.1. The molecule has 0 saturated carbocycles. The average molecular weight is 370 g/mol. The Balaban J connectivity index is 2.35. The third-order valence-corrected chi connectivity index (χ3v) is 5.97. The number of aryl methyl sites for hydroxylation is 1. The highest BCUT2D eigenvalue weighted by Crippen LogP contribution is 2.33. The molecule has 2 rings (SSSR count). The smallest absolute Gasteiger partial charge is 0.323 e. The van der Waals surface area contributed by atoms with Crippen molar-refractivity contribution in [3.8, 4) is 0 Å². The predicted octanol–water partition coefficient (Wildman–Crippen LogP) is 2.82. The van der Waals surface area contributed by atoms with Crippen LogP contribution in [0.25, 0.3) is 0 Å². The normalized spacial score (nSPS) is 13.1. The molecule has 0 radical (unpaired) electrons. The van der Waals surface area contributed by atoms with Crippen LogP contribution in [0.3, 0.4) is 0 Å². The Bertz CT molecular complexity index is 756. The first-order valence-electron chi connectivity index (χ1n) is 7.79. The number of thiazole rings is 1. The van der Waals surface area contributed by atoms with E-state index in [0.29, 0.717) is 17.3 Å². The van der Waals surface area contributed by atoms with Gasteiger partial charge in [-0.2, -0.15) is 4.68 Å². The van der Waals surface area contributed by atoms with Crippen molar-refractivity contribution in [2.24, 2.45) is 0 Å². The van der Waals surface area contributed by atoms with E-state index in [1.54, 1.807) is 4.90 Å². The Hall–Kier alpha value is -1.61. The van der Waals surface area contributed by atoms with Gasteiger partial charge in [-0.15, -0.1) is 16.4 Å². The molecule has 1 unspecified atom stereocenters. The molecule has 0 N–H and O–H groups in total. The van der Waals surface area contributed by atoms with Crippen molar-refractivity contribution >= 4 is 28.2 Å². The van der Waals surface area contributed by atoms with E-state index in [9.17, 15) is 9.00 Å². The van der Waals surface area contributed by atoms with Gasteiger partial charge in [0.15, 0.2) is 0 Å². The summed E-state index contributed by atoms with van der Waals surface area (Å²) in [5, 5.41) is 5.11. The third-order valence-electron chi connectivity index (χ3n) is 3.45. The summed E-state index contributed by atoms with van der Waals surface area (Å²) in [5.74, 6) is 0. The minimum absolute atomic E-state index is 0.129. The van der Waals surface area contributed by atoms with Gasteiger partial charge in [-0.25, -0.2) is 19.0 Å². The predicted molar refractivity (Wildman–Crippen MR) is 94.0 cm³/mol. The lowest BCUT2D eigenvalue weighted by atomic mass is 9.93. The van der Waals surface area contributed by atoms with Crippen molar-refractivity contribution in [3.63, 3.8) is 0 Å². The quantitative estimate of drug-likeness (QED) is 0.828. The van der Waals surface area contributed by atoms with Crippen LogP contribution in [0.1, 0.15) is 45.3 Å². The van der Waals surface area contributed by atoms with Crippen molar-refractivity contribution in [3.05, 3.63) is 17.0 Å². The second kappa shape index (κ2) is 7.10. The van der Waals surface area contributed by atoms with E-state index in [1.165, 1.54) is 17.7 Å². The molecule has 2 aromatic rings. The summed E-state index contributed by atoms with van der Waals surface area (Å²) in [4.78, 5) is 22.5. The molecule has 0 saturated heterocycles. The van der Waals surface area contributed by atoms with Gasteiger partial charge < -0.3 is 4.90 Å². The number of carbonyl (C=O) groups is 1. The fourth-order valence-electron chi connectivity index (χ4n) is 2.15. The highest BCUT2D eigenvalue weighted by atomic mass is 32.2. The molecular weight excluding hydrogens is 346 g/mol. The Morgan fingerprint density at radius 2 is 1.96 bits per heavy atom. The fourth-order valence-corrected chi connectivity index (χ4v) is 4.90. The zero-order valence-electron chi connectivity index (χ0n) is 14.9. The molecule has 1 amide bonds. The van der Waals surface area contributed by atoms with Crippen LogP contribution in [0, 0.1) is 6.92 Å². The molecule has 0 aliphatic rings. The van der Waals surface area contributed by atoms with E-state index in [0.717, 1.165) is 15.4 Å². The first kappa shape index (κ1) is 18.7. The molecule has 2 heterocycles. The van der Waals surface area contributed by atoms with Crippen LogP contribution in [-0.4, -0.2) is 48.0 Å². The SMILES string of the molecule is CCN(CC)C(=O)n1cnc(S(=O)c2sc(C)nc2C(C)(C)C)n1. The third kappa shape index (κ3) is 3.72. The summed E-state index contributed by atoms with van der Waals surface area (Å²) in [6, 6.07) is -0.271. The first-order valence-corrected chi connectivity index (χ1v) is 9.76. The summed E-state index contributed by atoms with van der Waals surface area (Å²) >= 11 is 1.38. The van der Waals surface area contributed by atoms with Crippen LogP contribution in [0.4, 0.5) is 4.79 Å². The van der Waals surface area contributed by atoms with Gasteiger partial charge in [0.1, 0.15) is 21.3 Å². The number of aromatic nitrogens is 4. The van der Waals surface area contributed by atoms with Gasteiger partial charge in [0.05, 0.1) is 10.7 Å². The molecule has 132 valence electrons. The monoisotopic (exact) mass is 369 g/mol. The molecule has 9 heteroatoms. The fraction of sp³-hybridized carbons (Fsp3) is 0.600. The molecular formula is C15H23N5O2S2. The molecule has 2 aromatic heterocycles. The zero-order valence-corrected chi connectivity index (χ0v) is 16.5. The molecule has 1 atom stereocenters. The Morgan fingerprint density at radius 3 is 2.50 bits per heavy atom. The van der Waals surface area contributed by atoms with Crippen LogP contribution in [0.5, 0.6) is 0 Å². The molecule has 0 fully saturated rings. The summed E-state index contributed by atoms with van der Waals surface area (Å²) in [6.07, 6.45) is 1.32.